The molecule has 1 aromatic carbocycles. The van der Waals surface area contributed by atoms with Crippen LogP contribution in [0.4, 0.5) is 4.39 Å². The normalized spacial score (nSPS) is 14.3. The highest BCUT2D eigenvalue weighted by Crippen LogP contribution is 2.30. The summed E-state index contributed by atoms with van der Waals surface area (Å²) in [5.41, 5.74) is 4.37. The van der Waals surface area contributed by atoms with Crippen LogP contribution in [-0.2, 0) is 6.54 Å². The largest absolute Gasteiger partial charge is 0.467 e. The van der Waals surface area contributed by atoms with Gasteiger partial charge in [-0.2, -0.15) is 15.2 Å². The highest BCUT2D eigenvalue weighted by atomic mass is 19.1. The number of benzene rings is 1. The summed E-state index contributed by atoms with van der Waals surface area (Å²) in [5, 5.41) is 12.7. The van der Waals surface area contributed by atoms with E-state index in [4.69, 9.17) is 9.72 Å². The molecule has 34 heavy (non-hydrogen) atoms. The summed E-state index contributed by atoms with van der Waals surface area (Å²) in [6.07, 6.45) is 5.14. The van der Waals surface area contributed by atoms with E-state index in [-0.39, 0.29) is 18.4 Å². The van der Waals surface area contributed by atoms with Crippen molar-refractivity contribution in [3.63, 3.8) is 0 Å². The molecule has 1 aliphatic heterocycles. The molecule has 0 atom stereocenters. The van der Waals surface area contributed by atoms with Crippen molar-refractivity contribution in [3.05, 3.63) is 64.9 Å². The third-order valence-corrected chi connectivity index (χ3v) is 6.27. The summed E-state index contributed by atoms with van der Waals surface area (Å²) in [6.45, 7) is 3.94. The first-order chi connectivity index (χ1) is 16.6. The molecule has 172 valence electrons. The van der Waals surface area contributed by atoms with Crippen LogP contribution in [-0.4, -0.2) is 44.7 Å². The lowest BCUT2D eigenvalue weighted by Gasteiger charge is -2.23. The Labute approximate surface area is 196 Å². The third kappa shape index (κ3) is 4.08. The Hall–Kier alpha value is -3.90. The highest BCUT2D eigenvalue weighted by molar-refractivity contribution is 5.79. The van der Waals surface area contributed by atoms with Gasteiger partial charge in [0.2, 0.25) is 0 Å². The molecule has 1 N–H and O–H groups in total. The Morgan fingerprint density at radius 2 is 2.00 bits per heavy atom. The van der Waals surface area contributed by atoms with Crippen molar-refractivity contribution < 1.29 is 9.13 Å². The maximum atomic E-state index is 15.3. The average Bonchev–Trinajstić information content (AvgIpc) is 3.24. The molecule has 1 fully saturated rings. The van der Waals surface area contributed by atoms with E-state index in [0.717, 1.165) is 31.5 Å². The second-order valence-corrected chi connectivity index (χ2v) is 8.44. The zero-order chi connectivity index (χ0) is 23.7. The van der Waals surface area contributed by atoms with Crippen molar-refractivity contribution in [1.29, 1.82) is 5.26 Å². The number of fused-ring (bicyclic) bond motifs is 1. The number of pyridine rings is 1. The molecule has 5 rings (SSSR count). The number of nitrogens with zero attached hydrogens (tertiary/aromatic N) is 6. The summed E-state index contributed by atoms with van der Waals surface area (Å²) < 4.78 is 22.4. The van der Waals surface area contributed by atoms with Crippen LogP contribution in [0.5, 0.6) is 6.01 Å². The minimum absolute atomic E-state index is 0.209. The van der Waals surface area contributed by atoms with Crippen LogP contribution >= 0.6 is 0 Å². The fourth-order valence-electron chi connectivity index (χ4n) is 4.47. The molecule has 0 amide bonds. The van der Waals surface area contributed by atoms with Crippen LogP contribution in [0.15, 0.2) is 36.7 Å². The van der Waals surface area contributed by atoms with Crippen LogP contribution in [0.1, 0.15) is 41.1 Å². The first-order valence-electron chi connectivity index (χ1n) is 11.2. The van der Waals surface area contributed by atoms with Crippen molar-refractivity contribution in [1.82, 2.24) is 29.8 Å². The number of piperidine rings is 1. The molecular formula is C25H24FN7O. The summed E-state index contributed by atoms with van der Waals surface area (Å²) in [4.78, 5) is 17.8. The fourth-order valence-corrected chi connectivity index (χ4v) is 4.47. The maximum absolute atomic E-state index is 15.3. The average molecular weight is 458 g/mol. The van der Waals surface area contributed by atoms with Crippen molar-refractivity contribution >= 4 is 11.2 Å². The van der Waals surface area contributed by atoms with Crippen LogP contribution < -0.4 is 10.1 Å². The van der Waals surface area contributed by atoms with Gasteiger partial charge in [0, 0.05) is 23.5 Å². The Kier molecular flexibility index (Phi) is 5.90. The Morgan fingerprint density at radius 3 is 2.74 bits per heavy atom. The number of nitriles is 1. The summed E-state index contributed by atoms with van der Waals surface area (Å²) in [7, 11) is 1.50. The Bertz CT molecular complexity index is 1400. The van der Waals surface area contributed by atoms with Crippen LogP contribution in [0, 0.1) is 24.1 Å². The fraction of sp³-hybridized carbons (Fsp3) is 0.320. The minimum Gasteiger partial charge on any atom is -0.467 e. The number of hydrogen-bond acceptors (Lipinski definition) is 7. The van der Waals surface area contributed by atoms with E-state index in [1.807, 2.05) is 23.6 Å². The van der Waals surface area contributed by atoms with E-state index in [9.17, 15) is 5.26 Å². The first-order valence-corrected chi connectivity index (χ1v) is 11.2. The number of aromatic nitrogens is 5. The van der Waals surface area contributed by atoms with Gasteiger partial charge < -0.3 is 14.6 Å². The first kappa shape index (κ1) is 21.9. The smallest absolute Gasteiger partial charge is 0.318 e. The molecule has 0 aliphatic carbocycles. The van der Waals surface area contributed by atoms with Crippen molar-refractivity contribution in [2.24, 2.45) is 0 Å². The number of methoxy groups -OCH3 is 1. The lowest BCUT2D eigenvalue weighted by atomic mass is 9.89. The van der Waals surface area contributed by atoms with Crippen LogP contribution in [0.2, 0.25) is 0 Å². The minimum atomic E-state index is -0.259. The SMILES string of the molecule is COc1nc(C)c2nc(-c3cncc(C#N)c3)n(Cc3ccc(C4CCNCC4)cc3F)c2n1. The van der Waals surface area contributed by atoms with Gasteiger partial charge in [0.15, 0.2) is 5.65 Å². The number of nitrogens with one attached hydrogen (secondary N) is 1. The maximum Gasteiger partial charge on any atom is 0.318 e. The highest BCUT2D eigenvalue weighted by Gasteiger charge is 2.21. The van der Waals surface area contributed by atoms with Gasteiger partial charge in [-0.3, -0.25) is 4.98 Å². The molecule has 0 saturated carbocycles. The van der Waals surface area contributed by atoms with E-state index in [1.54, 1.807) is 18.3 Å². The molecule has 9 heteroatoms. The van der Waals surface area contributed by atoms with Gasteiger partial charge in [-0.25, -0.2) is 9.37 Å². The monoisotopic (exact) mass is 457 g/mol. The lowest BCUT2D eigenvalue weighted by molar-refractivity contribution is 0.380. The molecule has 0 unspecified atom stereocenters. The molecular weight excluding hydrogens is 433 g/mol. The van der Waals surface area contributed by atoms with Gasteiger partial charge in [-0.05, 0) is 56.5 Å². The number of aryl methyl sites for hydroxylation is 1. The molecule has 4 aromatic rings. The van der Waals surface area contributed by atoms with E-state index in [1.165, 1.54) is 13.3 Å². The van der Waals surface area contributed by atoms with E-state index >= 15 is 4.39 Å². The summed E-state index contributed by atoms with van der Waals surface area (Å²) >= 11 is 0. The molecule has 3 aromatic heterocycles. The number of ether oxygens (including phenoxy) is 1. The van der Waals surface area contributed by atoms with Gasteiger partial charge in [-0.15, -0.1) is 0 Å². The predicted molar refractivity (Wildman–Crippen MR) is 125 cm³/mol. The van der Waals surface area contributed by atoms with E-state index in [0.29, 0.717) is 45.3 Å². The predicted octanol–water partition coefficient (Wildman–Crippen LogP) is 3.73. The molecule has 4 heterocycles. The van der Waals surface area contributed by atoms with E-state index < -0.39 is 0 Å². The van der Waals surface area contributed by atoms with E-state index in [2.05, 4.69) is 26.3 Å². The molecule has 0 bridgehead atoms. The second-order valence-electron chi connectivity index (χ2n) is 8.44. The van der Waals surface area contributed by atoms with Gasteiger partial charge in [-0.1, -0.05) is 12.1 Å². The Balaban J connectivity index is 1.61. The Morgan fingerprint density at radius 1 is 1.18 bits per heavy atom. The van der Waals surface area contributed by atoms with Crippen molar-refractivity contribution in [2.75, 3.05) is 20.2 Å². The van der Waals surface area contributed by atoms with Crippen LogP contribution in [0.3, 0.4) is 0 Å². The molecule has 0 radical (unpaired) electrons. The zero-order valence-electron chi connectivity index (χ0n) is 19.0. The van der Waals surface area contributed by atoms with Gasteiger partial charge in [0.25, 0.3) is 0 Å². The molecule has 1 saturated heterocycles. The number of imidazole rings is 1. The van der Waals surface area contributed by atoms with Crippen molar-refractivity contribution in [3.8, 4) is 23.5 Å². The zero-order valence-corrected chi connectivity index (χ0v) is 19.0. The number of halogens is 1. The second kappa shape index (κ2) is 9.15. The van der Waals surface area contributed by atoms with Gasteiger partial charge in [0.1, 0.15) is 23.2 Å². The molecule has 0 spiro atoms. The van der Waals surface area contributed by atoms with Gasteiger partial charge in [0.05, 0.1) is 24.9 Å². The summed E-state index contributed by atoms with van der Waals surface area (Å²) in [6, 6.07) is 9.55. The summed E-state index contributed by atoms with van der Waals surface area (Å²) in [5.74, 6) is 0.645. The molecule has 1 aliphatic rings. The topological polar surface area (TPSA) is 102 Å². The van der Waals surface area contributed by atoms with Crippen LogP contribution in [0.25, 0.3) is 22.6 Å². The number of rotatable bonds is 5. The lowest BCUT2D eigenvalue weighted by Crippen LogP contribution is -2.26. The van der Waals surface area contributed by atoms with Gasteiger partial charge >= 0.3 is 6.01 Å². The standard InChI is InChI=1S/C25H24FN7O/c1-15-22-24(32-25(30-15)34-2)33(23(31-22)20-9-16(11-27)12-29-13-20)14-19-4-3-18(10-21(19)26)17-5-7-28-8-6-17/h3-4,9-10,12-13,17,28H,5-8,14H2,1-2H3. The van der Waals surface area contributed by atoms with Crippen molar-refractivity contribution in [2.45, 2.75) is 32.2 Å². The number of hydrogen-bond donors (Lipinski definition) is 1. The third-order valence-electron chi connectivity index (χ3n) is 6.27. The quantitative estimate of drug-likeness (QED) is 0.487. The molecule has 8 nitrogen and oxygen atoms in total.